The first-order chi connectivity index (χ1) is 18.0. The maximum atomic E-state index is 14.2. The van der Waals surface area contributed by atoms with Gasteiger partial charge in [0.2, 0.25) is 6.10 Å². The van der Waals surface area contributed by atoms with Gasteiger partial charge in [0.05, 0.1) is 23.7 Å². The zero-order valence-electron chi connectivity index (χ0n) is 20.2. The molecule has 0 radical (unpaired) electrons. The summed E-state index contributed by atoms with van der Waals surface area (Å²) in [6.45, 7) is 1.22. The Labute approximate surface area is 217 Å². The number of rotatable bonds is 3. The molecule has 0 saturated carbocycles. The summed E-state index contributed by atoms with van der Waals surface area (Å²) >= 11 is 0. The Balaban J connectivity index is 1.68. The van der Waals surface area contributed by atoms with E-state index < -0.39 is 45.7 Å². The first-order valence-corrected chi connectivity index (χ1v) is 13.3. The normalized spacial score (nSPS) is 24.1. The summed E-state index contributed by atoms with van der Waals surface area (Å²) in [6, 6.07) is 20.1. The van der Waals surface area contributed by atoms with E-state index in [2.05, 4.69) is 0 Å². The lowest BCUT2D eigenvalue weighted by atomic mass is 9.92. The molecule has 3 aromatic rings. The Morgan fingerprint density at radius 1 is 0.947 bits per heavy atom. The van der Waals surface area contributed by atoms with Crippen LogP contribution in [-0.2, 0) is 29.8 Å². The largest absolute Gasteiger partial charge is 0.509 e. The smallest absolute Gasteiger partial charge is 0.434 e. The molecule has 0 spiro atoms. The van der Waals surface area contributed by atoms with Crippen molar-refractivity contribution in [1.82, 2.24) is 0 Å². The molecule has 38 heavy (non-hydrogen) atoms. The highest BCUT2D eigenvalue weighted by atomic mass is 32.2. The van der Waals surface area contributed by atoms with Crippen molar-refractivity contribution in [1.29, 1.82) is 0 Å². The molecule has 7 nitrogen and oxygen atoms in total. The molecular weight excluding hydrogens is 523 g/mol. The molecule has 11 heteroatoms. The molecule has 2 aliphatic rings. The van der Waals surface area contributed by atoms with Gasteiger partial charge in [-0.2, -0.15) is 13.2 Å². The Bertz CT molecular complexity index is 1430. The highest BCUT2D eigenvalue weighted by Crippen LogP contribution is 2.51. The predicted molar refractivity (Wildman–Crippen MR) is 131 cm³/mol. The lowest BCUT2D eigenvalue weighted by molar-refractivity contribution is -0.212. The van der Waals surface area contributed by atoms with Crippen LogP contribution in [0.3, 0.4) is 0 Å². The zero-order chi connectivity index (χ0) is 27.1. The molecule has 1 fully saturated rings. The molecule has 3 aromatic carbocycles. The molecule has 0 N–H and O–H groups in total. The number of hydrogen-bond acceptors (Lipinski definition) is 6. The summed E-state index contributed by atoms with van der Waals surface area (Å²) in [5.41, 5.74) is -0.274. The van der Waals surface area contributed by atoms with E-state index in [4.69, 9.17) is 14.2 Å². The Hall–Kier alpha value is -3.57. The van der Waals surface area contributed by atoms with Gasteiger partial charge in [-0.05, 0) is 30.7 Å². The Morgan fingerprint density at radius 2 is 1.61 bits per heavy atom. The fourth-order valence-electron chi connectivity index (χ4n) is 4.72. The average molecular weight is 548 g/mol. The molecule has 0 amide bonds. The molecule has 0 unspecified atom stereocenters. The molecular formula is C27H24F3NO6S. The molecule has 1 saturated heterocycles. The van der Waals surface area contributed by atoms with Crippen LogP contribution >= 0.6 is 0 Å². The summed E-state index contributed by atoms with van der Waals surface area (Å²) in [4.78, 5) is 12.2. The number of hydrogen-bond donors (Lipinski definition) is 0. The fraction of sp³-hybridized carbons (Fsp3) is 0.296. The first-order valence-electron chi connectivity index (χ1n) is 11.8. The van der Waals surface area contributed by atoms with Gasteiger partial charge in [0.25, 0.3) is 10.0 Å². The number of nitrogens with zero attached hydrogens (tertiary/aromatic N) is 1. The van der Waals surface area contributed by atoms with Gasteiger partial charge in [-0.1, -0.05) is 66.2 Å². The van der Waals surface area contributed by atoms with Gasteiger partial charge < -0.3 is 14.2 Å². The van der Waals surface area contributed by atoms with Crippen LogP contribution in [0.2, 0.25) is 0 Å². The number of carbonyl (C=O) groups excluding carboxylic acids is 1. The number of alkyl halides is 3. The summed E-state index contributed by atoms with van der Waals surface area (Å²) in [6.07, 6.45) is -9.94. The monoisotopic (exact) mass is 547 g/mol. The zero-order valence-corrected chi connectivity index (χ0v) is 21.0. The highest BCUT2D eigenvalue weighted by Gasteiger charge is 2.59. The van der Waals surface area contributed by atoms with Gasteiger partial charge in [-0.3, -0.25) is 4.31 Å². The maximum Gasteiger partial charge on any atom is 0.509 e. The molecule has 5 rings (SSSR count). The van der Waals surface area contributed by atoms with Crippen molar-refractivity contribution < 1.29 is 40.6 Å². The third-order valence-electron chi connectivity index (χ3n) is 6.71. The third kappa shape index (κ3) is 4.83. The van der Waals surface area contributed by atoms with E-state index in [0.717, 1.165) is 21.5 Å². The van der Waals surface area contributed by atoms with Crippen LogP contribution in [0.15, 0.2) is 83.8 Å². The Kier molecular flexibility index (Phi) is 6.60. The van der Waals surface area contributed by atoms with Crippen molar-refractivity contribution >= 4 is 21.9 Å². The molecule has 2 aliphatic heterocycles. The minimum absolute atomic E-state index is 0.0908. The van der Waals surface area contributed by atoms with Gasteiger partial charge in [0.1, 0.15) is 11.7 Å². The standard InChI is InChI=1S/C27H24F3NO6S/c1-18-11-13-20(14-12-18)38(33,34)31-17-23-26(37-23,19-7-3-2-4-8-19)15-16-35-25(32)36-24(27(28,29)30)21-9-5-6-10-22(21)31/h2-14,23-24H,15-17H2,1H3/t23-,24-,26-/m1/s1. The summed E-state index contributed by atoms with van der Waals surface area (Å²) < 4.78 is 87.1. The SMILES string of the molecule is Cc1ccc(S(=O)(=O)N2C[C@H]3O[C@@]3(c3ccccc3)CCOC(=O)O[C@@H](C(F)(F)F)c3ccccc32)cc1. The predicted octanol–water partition coefficient (Wildman–Crippen LogP) is 5.64. The summed E-state index contributed by atoms with van der Waals surface area (Å²) in [7, 11) is -4.36. The molecule has 200 valence electrons. The van der Waals surface area contributed by atoms with Gasteiger partial charge in [0, 0.05) is 12.0 Å². The number of carbonyl (C=O) groups is 1. The minimum Gasteiger partial charge on any atom is -0.434 e. The molecule has 2 heterocycles. The van der Waals surface area contributed by atoms with Gasteiger partial charge in [-0.25, -0.2) is 13.2 Å². The van der Waals surface area contributed by atoms with Crippen LogP contribution in [0.5, 0.6) is 0 Å². The lowest BCUT2D eigenvalue weighted by Gasteiger charge is -2.30. The maximum absolute atomic E-state index is 14.2. The van der Waals surface area contributed by atoms with Crippen LogP contribution in [0.1, 0.15) is 29.2 Å². The minimum atomic E-state index is -5.04. The van der Waals surface area contributed by atoms with E-state index in [0.29, 0.717) is 0 Å². The number of halogens is 3. The van der Waals surface area contributed by atoms with Gasteiger partial charge in [0.15, 0.2) is 0 Å². The fourth-order valence-corrected chi connectivity index (χ4v) is 6.21. The van der Waals surface area contributed by atoms with Crippen molar-refractivity contribution in [2.75, 3.05) is 17.5 Å². The van der Waals surface area contributed by atoms with Gasteiger partial charge >= 0.3 is 12.3 Å². The third-order valence-corrected chi connectivity index (χ3v) is 8.51. The van der Waals surface area contributed by atoms with Crippen LogP contribution in [-0.4, -0.2) is 40.0 Å². The van der Waals surface area contributed by atoms with E-state index in [1.165, 1.54) is 30.3 Å². The van der Waals surface area contributed by atoms with Crippen molar-refractivity contribution in [3.05, 3.63) is 95.6 Å². The van der Waals surface area contributed by atoms with E-state index in [9.17, 15) is 26.4 Å². The van der Waals surface area contributed by atoms with Gasteiger partial charge in [-0.15, -0.1) is 0 Å². The van der Waals surface area contributed by atoms with Crippen LogP contribution in [0, 0.1) is 6.92 Å². The molecule has 0 aromatic heterocycles. The highest BCUT2D eigenvalue weighted by molar-refractivity contribution is 7.92. The molecule has 3 atom stereocenters. The number of ether oxygens (including phenoxy) is 3. The number of para-hydroxylation sites is 1. The second kappa shape index (κ2) is 9.63. The number of fused-ring (bicyclic) bond motifs is 2. The number of sulfonamides is 1. The van der Waals surface area contributed by atoms with Crippen LogP contribution in [0.4, 0.5) is 23.7 Å². The average Bonchev–Trinajstić information content (AvgIpc) is 3.59. The number of anilines is 1. The quantitative estimate of drug-likeness (QED) is 0.312. The summed E-state index contributed by atoms with van der Waals surface area (Å²) in [5, 5.41) is 0. The van der Waals surface area contributed by atoms with Crippen molar-refractivity contribution in [2.24, 2.45) is 0 Å². The van der Waals surface area contributed by atoms with E-state index in [-0.39, 0.29) is 30.2 Å². The van der Waals surface area contributed by atoms with Crippen molar-refractivity contribution in [3.63, 3.8) is 0 Å². The second-order valence-corrected chi connectivity index (χ2v) is 11.0. The molecule has 0 aliphatic carbocycles. The van der Waals surface area contributed by atoms with E-state index in [1.807, 2.05) is 6.07 Å². The lowest BCUT2D eigenvalue weighted by Crippen LogP contribution is -2.38. The second-order valence-electron chi connectivity index (χ2n) is 9.16. The number of aryl methyl sites for hydroxylation is 1. The Morgan fingerprint density at radius 3 is 2.29 bits per heavy atom. The van der Waals surface area contributed by atoms with E-state index in [1.54, 1.807) is 43.3 Å². The summed E-state index contributed by atoms with van der Waals surface area (Å²) in [5.74, 6) is 0. The van der Waals surface area contributed by atoms with Crippen molar-refractivity contribution in [2.45, 2.75) is 42.2 Å². The van der Waals surface area contributed by atoms with Crippen molar-refractivity contribution in [3.8, 4) is 0 Å². The van der Waals surface area contributed by atoms with Crippen LogP contribution < -0.4 is 4.31 Å². The number of epoxide rings is 1. The number of cyclic esters (lactones) is 2. The van der Waals surface area contributed by atoms with Crippen LogP contribution in [0.25, 0.3) is 0 Å². The first kappa shape index (κ1) is 26.1. The molecule has 0 bridgehead atoms. The number of benzene rings is 3. The van der Waals surface area contributed by atoms with E-state index >= 15 is 0 Å². The topological polar surface area (TPSA) is 85.4 Å².